The van der Waals surface area contributed by atoms with Gasteiger partial charge in [-0.2, -0.15) is 0 Å². The summed E-state index contributed by atoms with van der Waals surface area (Å²) in [6, 6.07) is 4.30. The first kappa shape index (κ1) is 11.2. The molecule has 1 aliphatic rings. The summed E-state index contributed by atoms with van der Waals surface area (Å²) in [6.07, 6.45) is 3.69. The van der Waals surface area contributed by atoms with Crippen molar-refractivity contribution in [3.05, 3.63) is 24.0 Å². The van der Waals surface area contributed by atoms with Gasteiger partial charge in [0.2, 0.25) is 0 Å². The Bertz CT molecular complexity index is 348. The molecule has 0 saturated carbocycles. The number of aromatic nitrogens is 1. The van der Waals surface area contributed by atoms with Crippen LogP contribution in [0.25, 0.3) is 0 Å². The second-order valence-corrected chi connectivity index (χ2v) is 4.47. The lowest BCUT2D eigenvalue weighted by atomic mass is 9.96. The summed E-state index contributed by atoms with van der Waals surface area (Å²) in [6.45, 7) is 3.77. The van der Waals surface area contributed by atoms with Crippen molar-refractivity contribution in [2.24, 2.45) is 5.92 Å². The predicted octanol–water partition coefficient (Wildman–Crippen LogP) is 1.87. The zero-order chi connectivity index (χ0) is 11.5. The number of nitrogens with one attached hydrogen (secondary N) is 1. The van der Waals surface area contributed by atoms with E-state index in [-0.39, 0.29) is 12.0 Å². The van der Waals surface area contributed by atoms with Crippen molar-refractivity contribution in [3.8, 4) is 0 Å². The van der Waals surface area contributed by atoms with Crippen molar-refractivity contribution >= 4 is 5.97 Å². The van der Waals surface area contributed by atoms with Crippen molar-refractivity contribution in [2.75, 3.05) is 13.1 Å². The zero-order valence-electron chi connectivity index (χ0n) is 9.52. The minimum atomic E-state index is -0.664. The van der Waals surface area contributed by atoms with E-state index in [4.69, 9.17) is 5.11 Å². The maximum atomic E-state index is 11.0. The fraction of sp³-hybridized carbons (Fsp3) is 0.583. The minimum absolute atomic E-state index is 0.203. The summed E-state index contributed by atoms with van der Waals surface area (Å²) in [4.78, 5) is 16.4. The van der Waals surface area contributed by atoms with Gasteiger partial charge >= 0.3 is 5.97 Å². The van der Waals surface area contributed by atoms with Gasteiger partial charge in [-0.15, -0.1) is 0 Å². The van der Waals surface area contributed by atoms with E-state index < -0.39 is 5.97 Å². The normalized spacial score (nSPS) is 24.2. The Morgan fingerprint density at radius 1 is 1.69 bits per heavy atom. The molecule has 4 heteroatoms. The van der Waals surface area contributed by atoms with Gasteiger partial charge in [0.1, 0.15) is 0 Å². The highest BCUT2D eigenvalue weighted by Gasteiger charge is 2.28. The van der Waals surface area contributed by atoms with Gasteiger partial charge in [-0.25, -0.2) is 0 Å². The number of carboxylic acid groups (broad SMARTS) is 1. The molecule has 0 amide bonds. The van der Waals surface area contributed by atoms with Crippen LogP contribution >= 0.6 is 0 Å². The van der Waals surface area contributed by atoms with E-state index in [1.807, 2.05) is 12.3 Å². The Hall–Kier alpha value is -1.29. The summed E-state index contributed by atoms with van der Waals surface area (Å²) in [5.41, 5.74) is 1.16. The molecular weight excluding hydrogens is 204 g/mol. The summed E-state index contributed by atoms with van der Waals surface area (Å²) in [7, 11) is 0. The smallest absolute Gasteiger partial charge is 0.307 e. The molecule has 1 aliphatic heterocycles. The van der Waals surface area contributed by atoms with Crippen LogP contribution in [-0.2, 0) is 4.79 Å². The first-order chi connectivity index (χ1) is 7.68. The van der Waals surface area contributed by atoms with Crippen molar-refractivity contribution in [3.63, 3.8) is 0 Å². The van der Waals surface area contributed by atoms with Gasteiger partial charge in [-0.05, 0) is 38.4 Å². The van der Waals surface area contributed by atoms with Crippen LogP contribution < -0.4 is 0 Å². The molecule has 0 spiro atoms. The second kappa shape index (κ2) is 4.70. The molecule has 1 aromatic heterocycles. The molecular formula is C12H18N2O2. The van der Waals surface area contributed by atoms with E-state index in [0.29, 0.717) is 6.54 Å². The number of aliphatic carboxylic acids is 1. The highest BCUT2D eigenvalue weighted by Crippen LogP contribution is 2.25. The Kier molecular flexibility index (Phi) is 3.29. The van der Waals surface area contributed by atoms with Crippen LogP contribution in [0.3, 0.4) is 0 Å². The number of likely N-dealkylation sites (tertiary alicyclic amines) is 1. The maximum Gasteiger partial charge on any atom is 0.307 e. The Balaban J connectivity index is 2.01. The van der Waals surface area contributed by atoms with Crippen LogP contribution in [-0.4, -0.2) is 34.0 Å². The van der Waals surface area contributed by atoms with Gasteiger partial charge in [0.25, 0.3) is 0 Å². The Morgan fingerprint density at radius 3 is 3.12 bits per heavy atom. The van der Waals surface area contributed by atoms with Gasteiger partial charge in [-0.1, -0.05) is 0 Å². The molecule has 2 N–H and O–H groups in total. The third-order valence-electron chi connectivity index (χ3n) is 3.42. The van der Waals surface area contributed by atoms with Gasteiger partial charge in [-0.3, -0.25) is 9.69 Å². The van der Waals surface area contributed by atoms with E-state index in [2.05, 4.69) is 22.9 Å². The number of H-pyrrole nitrogens is 1. The molecule has 0 aromatic carbocycles. The maximum absolute atomic E-state index is 11.0. The Morgan fingerprint density at radius 2 is 2.50 bits per heavy atom. The molecule has 2 atom stereocenters. The molecule has 1 aromatic rings. The summed E-state index contributed by atoms with van der Waals surface area (Å²) in [5.74, 6) is -0.866. The third-order valence-corrected chi connectivity index (χ3v) is 3.42. The lowest BCUT2D eigenvalue weighted by Crippen LogP contribution is -2.40. The van der Waals surface area contributed by atoms with Crippen LogP contribution in [0, 0.1) is 5.92 Å². The van der Waals surface area contributed by atoms with Crippen LogP contribution in [0.2, 0.25) is 0 Å². The van der Waals surface area contributed by atoms with Crippen LogP contribution in [0.1, 0.15) is 31.5 Å². The molecule has 0 bridgehead atoms. The average Bonchev–Trinajstić information content (AvgIpc) is 2.81. The van der Waals surface area contributed by atoms with Crippen LogP contribution in [0.5, 0.6) is 0 Å². The quantitative estimate of drug-likeness (QED) is 0.821. The number of piperidine rings is 1. The third kappa shape index (κ3) is 2.27. The zero-order valence-corrected chi connectivity index (χ0v) is 9.52. The first-order valence-electron chi connectivity index (χ1n) is 5.78. The van der Waals surface area contributed by atoms with Gasteiger partial charge in [0.15, 0.2) is 0 Å². The number of carboxylic acids is 1. The molecule has 0 unspecified atom stereocenters. The van der Waals surface area contributed by atoms with Crippen LogP contribution in [0.15, 0.2) is 18.3 Å². The fourth-order valence-electron chi connectivity index (χ4n) is 2.36. The van der Waals surface area contributed by atoms with Crippen molar-refractivity contribution in [1.82, 2.24) is 9.88 Å². The number of rotatable bonds is 3. The standard InChI is InChI=1S/C12H18N2O2/c1-9(11-5-2-6-13-11)14-7-3-4-10(8-14)12(15)16/h2,5-6,9-10,13H,3-4,7-8H2,1H3,(H,15,16)/t9-,10+/m1/s1. The second-order valence-electron chi connectivity index (χ2n) is 4.47. The van der Waals surface area contributed by atoms with Crippen LogP contribution in [0.4, 0.5) is 0 Å². The lowest BCUT2D eigenvalue weighted by molar-refractivity contribution is -0.143. The monoisotopic (exact) mass is 222 g/mol. The highest BCUT2D eigenvalue weighted by atomic mass is 16.4. The largest absolute Gasteiger partial charge is 0.481 e. The fourth-order valence-corrected chi connectivity index (χ4v) is 2.36. The number of aromatic amines is 1. The SMILES string of the molecule is C[C@H](c1ccc[nH]1)N1CCC[C@H](C(=O)O)C1. The van der Waals surface area contributed by atoms with Crippen molar-refractivity contribution < 1.29 is 9.90 Å². The summed E-state index contributed by atoms with van der Waals surface area (Å²) in [5, 5.41) is 9.03. The summed E-state index contributed by atoms with van der Waals surface area (Å²) >= 11 is 0. The minimum Gasteiger partial charge on any atom is -0.481 e. The van der Waals surface area contributed by atoms with E-state index in [0.717, 1.165) is 25.1 Å². The highest BCUT2D eigenvalue weighted by molar-refractivity contribution is 5.70. The number of hydrogen-bond donors (Lipinski definition) is 2. The topological polar surface area (TPSA) is 56.3 Å². The molecule has 88 valence electrons. The first-order valence-corrected chi connectivity index (χ1v) is 5.78. The van der Waals surface area contributed by atoms with Gasteiger partial charge in [0, 0.05) is 24.5 Å². The number of nitrogens with zero attached hydrogens (tertiary/aromatic N) is 1. The van der Waals surface area contributed by atoms with Crippen molar-refractivity contribution in [2.45, 2.75) is 25.8 Å². The molecule has 1 saturated heterocycles. The molecule has 0 radical (unpaired) electrons. The molecule has 16 heavy (non-hydrogen) atoms. The van der Waals surface area contributed by atoms with Gasteiger partial charge in [0.05, 0.1) is 5.92 Å². The number of hydrogen-bond acceptors (Lipinski definition) is 2. The average molecular weight is 222 g/mol. The molecule has 4 nitrogen and oxygen atoms in total. The van der Waals surface area contributed by atoms with E-state index in [1.54, 1.807) is 0 Å². The summed E-state index contributed by atoms with van der Waals surface area (Å²) < 4.78 is 0. The molecule has 0 aliphatic carbocycles. The van der Waals surface area contributed by atoms with Gasteiger partial charge < -0.3 is 10.1 Å². The molecule has 2 rings (SSSR count). The van der Waals surface area contributed by atoms with E-state index in [9.17, 15) is 4.79 Å². The molecule has 1 fully saturated rings. The number of carbonyl (C=O) groups is 1. The predicted molar refractivity (Wildman–Crippen MR) is 61.1 cm³/mol. The van der Waals surface area contributed by atoms with E-state index in [1.165, 1.54) is 0 Å². The molecule has 2 heterocycles. The Labute approximate surface area is 95.3 Å². The van der Waals surface area contributed by atoms with E-state index >= 15 is 0 Å². The van der Waals surface area contributed by atoms with Crippen molar-refractivity contribution in [1.29, 1.82) is 0 Å². The lowest BCUT2D eigenvalue weighted by Gasteiger charge is -2.34.